The summed E-state index contributed by atoms with van der Waals surface area (Å²) in [6.07, 6.45) is -1.25. The van der Waals surface area contributed by atoms with Crippen molar-refractivity contribution in [3.05, 3.63) is 35.9 Å². The van der Waals surface area contributed by atoms with Crippen molar-refractivity contribution in [3.8, 4) is 0 Å². The molecular weight excluding hydrogens is 566 g/mol. The van der Waals surface area contributed by atoms with Crippen LogP contribution in [0.4, 0.5) is 4.79 Å². The maximum atomic E-state index is 13.5. The number of hydrogen-bond acceptors (Lipinski definition) is 10. The lowest BCUT2D eigenvalue weighted by Crippen LogP contribution is -2.50. The first-order valence-corrected chi connectivity index (χ1v) is 15.9. The summed E-state index contributed by atoms with van der Waals surface area (Å²) in [5, 5.41) is 2.49. The van der Waals surface area contributed by atoms with Crippen molar-refractivity contribution in [2.24, 2.45) is 5.92 Å². The normalized spacial score (nSPS) is 14.8. The van der Waals surface area contributed by atoms with E-state index in [4.69, 9.17) is 23.1 Å². The third-order valence-electron chi connectivity index (χ3n) is 5.81. The summed E-state index contributed by atoms with van der Waals surface area (Å²) in [7, 11) is -4.06. The van der Waals surface area contributed by atoms with Crippen molar-refractivity contribution in [2.45, 2.75) is 117 Å². The van der Waals surface area contributed by atoms with Crippen LogP contribution >= 0.6 is 0 Å². The molecule has 0 saturated carbocycles. The molecule has 0 spiro atoms. The molecule has 1 aromatic rings. The van der Waals surface area contributed by atoms with E-state index in [1.807, 2.05) is 37.3 Å². The minimum absolute atomic E-state index is 0.0293. The SMILES string of the molecule is CCC(C)(C)OC(=O)C(CC(C(=O)OC(C)(C)C)C(CCOCc1ccccc1)OS(C)(=O)=O)NC(=O)OC(C)(C)C. The highest BCUT2D eigenvalue weighted by Crippen LogP contribution is 2.26. The summed E-state index contributed by atoms with van der Waals surface area (Å²) in [6.45, 7) is 15.5. The molecule has 1 amide bonds. The van der Waals surface area contributed by atoms with Gasteiger partial charge in [-0.25, -0.2) is 9.59 Å². The van der Waals surface area contributed by atoms with Gasteiger partial charge in [0.05, 0.1) is 24.9 Å². The molecule has 3 unspecified atom stereocenters. The van der Waals surface area contributed by atoms with Gasteiger partial charge in [0.15, 0.2) is 0 Å². The smallest absolute Gasteiger partial charge is 0.408 e. The van der Waals surface area contributed by atoms with Gasteiger partial charge >= 0.3 is 18.0 Å². The predicted molar refractivity (Wildman–Crippen MR) is 158 cm³/mol. The Kier molecular flexibility index (Phi) is 13.9. The Balaban J connectivity index is 3.39. The average molecular weight is 616 g/mol. The molecule has 0 saturated heterocycles. The van der Waals surface area contributed by atoms with Crippen LogP contribution in [-0.2, 0) is 49.4 Å². The maximum Gasteiger partial charge on any atom is 0.408 e. The minimum Gasteiger partial charge on any atom is -0.460 e. The van der Waals surface area contributed by atoms with Crippen LogP contribution in [0.5, 0.6) is 0 Å². The van der Waals surface area contributed by atoms with E-state index >= 15 is 0 Å². The Bertz CT molecular complexity index is 1120. The molecule has 11 nitrogen and oxygen atoms in total. The molecule has 0 aliphatic carbocycles. The number of amides is 1. The van der Waals surface area contributed by atoms with Gasteiger partial charge in [0.1, 0.15) is 22.8 Å². The Morgan fingerprint density at radius 3 is 1.93 bits per heavy atom. The third-order valence-corrected chi connectivity index (χ3v) is 6.41. The second-order valence-electron chi connectivity index (χ2n) is 12.8. The number of hydrogen-bond donors (Lipinski definition) is 1. The topological polar surface area (TPSA) is 144 Å². The van der Waals surface area contributed by atoms with Crippen molar-refractivity contribution in [1.29, 1.82) is 0 Å². The summed E-state index contributed by atoms with van der Waals surface area (Å²) in [6, 6.07) is 7.97. The zero-order chi connectivity index (χ0) is 32.4. The predicted octanol–water partition coefficient (Wildman–Crippen LogP) is 4.91. The fourth-order valence-electron chi connectivity index (χ4n) is 3.62. The first-order valence-electron chi connectivity index (χ1n) is 14.1. The first kappa shape index (κ1) is 37.3. The Morgan fingerprint density at radius 2 is 1.43 bits per heavy atom. The molecule has 0 bridgehead atoms. The van der Waals surface area contributed by atoms with E-state index in [9.17, 15) is 22.8 Å². The van der Waals surface area contributed by atoms with Crippen molar-refractivity contribution in [2.75, 3.05) is 12.9 Å². The number of alkyl carbamates (subject to hydrolysis) is 1. The summed E-state index contributed by atoms with van der Waals surface area (Å²) < 4.78 is 52.3. The molecule has 1 rings (SSSR count). The van der Waals surface area contributed by atoms with Crippen LogP contribution in [0.3, 0.4) is 0 Å². The third kappa shape index (κ3) is 16.1. The van der Waals surface area contributed by atoms with Gasteiger partial charge in [-0.3, -0.25) is 8.98 Å². The van der Waals surface area contributed by atoms with E-state index in [0.29, 0.717) is 6.42 Å². The number of benzene rings is 1. The zero-order valence-electron chi connectivity index (χ0n) is 26.6. The number of carbonyl (C=O) groups is 3. The van der Waals surface area contributed by atoms with Gasteiger partial charge in [0.25, 0.3) is 10.1 Å². The molecule has 0 fully saturated rings. The second-order valence-corrected chi connectivity index (χ2v) is 14.4. The lowest BCUT2D eigenvalue weighted by molar-refractivity contribution is -0.166. The minimum atomic E-state index is -4.06. The lowest BCUT2D eigenvalue weighted by Gasteiger charge is -2.32. The van der Waals surface area contributed by atoms with Crippen LogP contribution in [0, 0.1) is 5.92 Å². The van der Waals surface area contributed by atoms with E-state index in [1.54, 1.807) is 55.4 Å². The van der Waals surface area contributed by atoms with Crippen LogP contribution in [0.25, 0.3) is 0 Å². The van der Waals surface area contributed by atoms with Crippen LogP contribution in [0.2, 0.25) is 0 Å². The van der Waals surface area contributed by atoms with Gasteiger partial charge in [-0.15, -0.1) is 0 Å². The van der Waals surface area contributed by atoms with Gasteiger partial charge in [0, 0.05) is 6.61 Å². The highest BCUT2D eigenvalue weighted by Gasteiger charge is 2.40. The van der Waals surface area contributed by atoms with Gasteiger partial charge in [-0.1, -0.05) is 37.3 Å². The fourth-order valence-corrected chi connectivity index (χ4v) is 4.29. The number of carbonyl (C=O) groups excluding carboxylic acids is 3. The molecule has 240 valence electrons. The Labute approximate surface area is 251 Å². The number of rotatable bonds is 15. The molecule has 0 aliphatic heterocycles. The largest absolute Gasteiger partial charge is 0.460 e. The van der Waals surface area contributed by atoms with Crippen molar-refractivity contribution >= 4 is 28.1 Å². The zero-order valence-corrected chi connectivity index (χ0v) is 27.5. The summed E-state index contributed by atoms with van der Waals surface area (Å²) in [5.41, 5.74) is -1.78. The molecular formula is C30H49NO10S. The Hall–Kier alpha value is -2.70. The average Bonchev–Trinajstić information content (AvgIpc) is 2.81. The molecule has 1 aromatic carbocycles. The van der Waals surface area contributed by atoms with Gasteiger partial charge in [-0.05, 0) is 80.2 Å². The van der Waals surface area contributed by atoms with Gasteiger partial charge in [0.2, 0.25) is 0 Å². The monoisotopic (exact) mass is 615 g/mol. The van der Waals surface area contributed by atoms with E-state index in [1.165, 1.54) is 0 Å². The fraction of sp³-hybridized carbons (Fsp3) is 0.700. The van der Waals surface area contributed by atoms with E-state index < -0.39 is 63.0 Å². The van der Waals surface area contributed by atoms with Crippen molar-refractivity contribution < 1.29 is 45.9 Å². The van der Waals surface area contributed by atoms with Crippen molar-refractivity contribution in [3.63, 3.8) is 0 Å². The van der Waals surface area contributed by atoms with Crippen LogP contribution < -0.4 is 5.32 Å². The van der Waals surface area contributed by atoms with Crippen LogP contribution in [-0.4, -0.2) is 68.3 Å². The van der Waals surface area contributed by atoms with Crippen LogP contribution in [0.15, 0.2) is 30.3 Å². The number of ether oxygens (including phenoxy) is 4. The molecule has 0 radical (unpaired) electrons. The van der Waals surface area contributed by atoms with Gasteiger partial charge in [-0.2, -0.15) is 8.42 Å². The summed E-state index contributed by atoms with van der Waals surface area (Å²) in [5.74, 6) is -2.94. The number of esters is 2. The van der Waals surface area contributed by atoms with Crippen LogP contribution in [0.1, 0.15) is 87.1 Å². The summed E-state index contributed by atoms with van der Waals surface area (Å²) >= 11 is 0. The lowest BCUT2D eigenvalue weighted by atomic mass is 9.91. The van der Waals surface area contributed by atoms with Gasteiger partial charge < -0.3 is 24.3 Å². The van der Waals surface area contributed by atoms with Crippen molar-refractivity contribution in [1.82, 2.24) is 5.32 Å². The van der Waals surface area contributed by atoms with E-state index in [-0.39, 0.29) is 26.1 Å². The highest BCUT2D eigenvalue weighted by atomic mass is 32.2. The standard InChI is InChI=1S/C30H49NO10S/c1-11-30(8,9)39-26(33)23(31-27(34)40-29(5,6)7)19-22(25(32)38-28(2,3)4)24(41-42(10,35)36)17-18-37-20-21-15-13-12-14-16-21/h12-16,22-24H,11,17-20H2,1-10H3,(H,31,34). The quantitative estimate of drug-likeness (QED) is 0.125. The molecule has 3 atom stereocenters. The summed E-state index contributed by atoms with van der Waals surface area (Å²) in [4.78, 5) is 39.6. The highest BCUT2D eigenvalue weighted by molar-refractivity contribution is 7.86. The maximum absolute atomic E-state index is 13.5. The second kappa shape index (κ2) is 15.7. The molecule has 0 heterocycles. The number of nitrogens with one attached hydrogen (secondary N) is 1. The first-order chi connectivity index (χ1) is 19.1. The molecule has 0 aliphatic rings. The molecule has 42 heavy (non-hydrogen) atoms. The van der Waals surface area contributed by atoms with E-state index in [2.05, 4.69) is 5.32 Å². The van der Waals surface area contributed by atoms with E-state index in [0.717, 1.165) is 11.8 Å². The Morgan fingerprint density at radius 1 is 0.857 bits per heavy atom. The molecule has 1 N–H and O–H groups in total. The molecule has 12 heteroatoms. The molecule has 0 aromatic heterocycles.